The molecule has 0 aromatic carbocycles. The Balaban J connectivity index is 1.93. The first-order chi connectivity index (χ1) is 8.93. The molecule has 4 fully saturated rings. The highest BCUT2D eigenvalue weighted by atomic mass is 16.2. The number of rotatable bonds is 2. The van der Waals surface area contributed by atoms with Crippen LogP contribution in [0, 0.1) is 35.5 Å². The number of hydrogen-bond acceptors (Lipinski definition) is 2. The molecule has 0 aromatic heterocycles. The fraction of sp³-hybridized carbons (Fsp3) is 0.867. The number of carbonyl (C=O) groups is 2. The van der Waals surface area contributed by atoms with Gasteiger partial charge in [-0.1, -0.05) is 0 Å². The van der Waals surface area contributed by atoms with Gasteiger partial charge in [0.25, 0.3) is 0 Å². The molecule has 106 valence electrons. The van der Waals surface area contributed by atoms with Crippen LogP contribution in [0.1, 0.15) is 19.3 Å². The smallest absolute Gasteiger partial charge is 0.226 e. The molecule has 0 spiro atoms. The highest BCUT2D eigenvalue weighted by Gasteiger charge is 2.64. The van der Waals surface area contributed by atoms with E-state index in [9.17, 15) is 9.59 Å². The standard InChI is InChI=1S/C15H24N2O2/c1-16(2)14(18)12-8-5-6-9(11-7-10(8)11)13(12)15(19)17(3)4/h8-13H,5-7H2,1-4H3. The van der Waals surface area contributed by atoms with Crippen molar-refractivity contribution in [2.75, 3.05) is 28.2 Å². The molecule has 6 atom stereocenters. The summed E-state index contributed by atoms with van der Waals surface area (Å²) in [6.07, 6.45) is 3.55. The SMILES string of the molecule is CN(C)C(=O)C1C2CCC(C3CC32)C1C(=O)N(C)C. The fourth-order valence-corrected chi connectivity index (χ4v) is 4.73. The van der Waals surface area contributed by atoms with Crippen molar-refractivity contribution >= 4 is 11.8 Å². The summed E-state index contributed by atoms with van der Waals surface area (Å²) < 4.78 is 0. The molecule has 0 aromatic rings. The van der Waals surface area contributed by atoms with Gasteiger partial charge in [0.2, 0.25) is 11.8 Å². The van der Waals surface area contributed by atoms with Gasteiger partial charge in [0.15, 0.2) is 0 Å². The van der Waals surface area contributed by atoms with E-state index < -0.39 is 0 Å². The van der Waals surface area contributed by atoms with Gasteiger partial charge in [-0.25, -0.2) is 0 Å². The van der Waals surface area contributed by atoms with E-state index in [0.717, 1.165) is 24.7 Å². The minimum Gasteiger partial charge on any atom is -0.349 e. The maximum Gasteiger partial charge on any atom is 0.226 e. The number of amides is 2. The van der Waals surface area contributed by atoms with E-state index in [4.69, 9.17) is 0 Å². The summed E-state index contributed by atoms with van der Waals surface area (Å²) in [7, 11) is 7.25. The summed E-state index contributed by atoms with van der Waals surface area (Å²) in [6.45, 7) is 0. The Labute approximate surface area is 115 Å². The first kappa shape index (κ1) is 12.9. The van der Waals surface area contributed by atoms with Crippen LogP contribution in [0.5, 0.6) is 0 Å². The second kappa shape index (κ2) is 4.22. The average Bonchev–Trinajstić information content (AvgIpc) is 3.17. The van der Waals surface area contributed by atoms with Crippen LogP contribution in [0.15, 0.2) is 0 Å². The van der Waals surface area contributed by atoms with Gasteiger partial charge in [0.05, 0.1) is 11.8 Å². The van der Waals surface area contributed by atoms with E-state index in [1.165, 1.54) is 6.42 Å². The Hall–Kier alpha value is -1.06. The third kappa shape index (κ3) is 1.79. The Morgan fingerprint density at radius 3 is 1.42 bits per heavy atom. The summed E-state index contributed by atoms with van der Waals surface area (Å²) in [5.74, 6) is 2.59. The summed E-state index contributed by atoms with van der Waals surface area (Å²) in [4.78, 5) is 28.4. The maximum atomic E-state index is 12.5. The molecule has 4 rings (SSSR count). The van der Waals surface area contributed by atoms with Gasteiger partial charge in [-0.05, 0) is 42.9 Å². The second-order valence-electron chi connectivity index (χ2n) is 6.99. The third-order valence-electron chi connectivity index (χ3n) is 5.59. The van der Waals surface area contributed by atoms with Gasteiger partial charge in [-0.3, -0.25) is 9.59 Å². The summed E-state index contributed by atoms with van der Waals surface area (Å²) in [6, 6.07) is 0. The lowest BCUT2D eigenvalue weighted by Crippen LogP contribution is -2.53. The molecule has 0 saturated heterocycles. The monoisotopic (exact) mass is 264 g/mol. The molecule has 0 heterocycles. The lowest BCUT2D eigenvalue weighted by molar-refractivity contribution is -0.155. The molecule has 4 aliphatic rings. The molecule has 19 heavy (non-hydrogen) atoms. The topological polar surface area (TPSA) is 40.6 Å². The first-order valence-corrected chi connectivity index (χ1v) is 7.35. The minimum atomic E-state index is -0.0626. The number of fused-ring (bicyclic) bond motifs is 2. The Kier molecular flexibility index (Phi) is 2.88. The Morgan fingerprint density at radius 2 is 1.11 bits per heavy atom. The third-order valence-corrected chi connectivity index (χ3v) is 5.59. The van der Waals surface area contributed by atoms with Crippen molar-refractivity contribution in [3.63, 3.8) is 0 Å². The minimum absolute atomic E-state index is 0.0626. The van der Waals surface area contributed by atoms with Gasteiger partial charge < -0.3 is 9.80 Å². The Morgan fingerprint density at radius 1 is 0.737 bits per heavy atom. The van der Waals surface area contributed by atoms with Crippen LogP contribution in [-0.2, 0) is 9.59 Å². The Bertz CT molecular complexity index is 380. The van der Waals surface area contributed by atoms with Crippen LogP contribution in [0.3, 0.4) is 0 Å². The van der Waals surface area contributed by atoms with Crippen molar-refractivity contribution in [1.82, 2.24) is 9.80 Å². The quantitative estimate of drug-likeness (QED) is 0.748. The maximum absolute atomic E-state index is 12.5. The lowest BCUT2D eigenvalue weighted by Gasteiger charge is -2.47. The summed E-state index contributed by atoms with van der Waals surface area (Å²) >= 11 is 0. The van der Waals surface area contributed by atoms with E-state index in [0.29, 0.717) is 11.8 Å². The van der Waals surface area contributed by atoms with E-state index in [2.05, 4.69) is 0 Å². The normalized spacial score (nSPS) is 42.5. The van der Waals surface area contributed by atoms with Gasteiger partial charge in [-0.15, -0.1) is 0 Å². The number of nitrogens with zero attached hydrogens (tertiary/aromatic N) is 2. The number of carbonyl (C=O) groups excluding carboxylic acids is 2. The van der Waals surface area contributed by atoms with Crippen LogP contribution >= 0.6 is 0 Å². The molecule has 4 saturated carbocycles. The number of hydrogen-bond donors (Lipinski definition) is 0. The van der Waals surface area contributed by atoms with Crippen molar-refractivity contribution in [2.45, 2.75) is 19.3 Å². The predicted octanol–water partition coefficient (Wildman–Crippen LogP) is 1.07. The predicted molar refractivity (Wildman–Crippen MR) is 72.2 cm³/mol. The largest absolute Gasteiger partial charge is 0.349 e. The second-order valence-corrected chi connectivity index (χ2v) is 6.99. The first-order valence-electron chi connectivity index (χ1n) is 7.35. The van der Waals surface area contributed by atoms with E-state index in [-0.39, 0.29) is 23.7 Å². The highest BCUT2D eigenvalue weighted by Crippen LogP contribution is 2.66. The highest BCUT2D eigenvalue weighted by molar-refractivity contribution is 5.88. The zero-order valence-electron chi connectivity index (χ0n) is 12.3. The zero-order chi connectivity index (χ0) is 13.9. The molecule has 6 unspecified atom stereocenters. The molecular formula is C15H24N2O2. The van der Waals surface area contributed by atoms with Gasteiger partial charge in [0.1, 0.15) is 0 Å². The fourth-order valence-electron chi connectivity index (χ4n) is 4.73. The van der Waals surface area contributed by atoms with Crippen molar-refractivity contribution in [2.24, 2.45) is 35.5 Å². The molecule has 4 aliphatic carbocycles. The van der Waals surface area contributed by atoms with E-state index >= 15 is 0 Å². The average molecular weight is 264 g/mol. The van der Waals surface area contributed by atoms with Crippen molar-refractivity contribution < 1.29 is 9.59 Å². The molecule has 4 nitrogen and oxygen atoms in total. The lowest BCUT2D eigenvalue weighted by atomic mass is 9.58. The van der Waals surface area contributed by atoms with E-state index in [1.807, 2.05) is 28.2 Å². The van der Waals surface area contributed by atoms with Crippen LogP contribution in [0.25, 0.3) is 0 Å². The zero-order valence-corrected chi connectivity index (χ0v) is 12.3. The molecule has 0 radical (unpaired) electrons. The summed E-state index contributed by atoms with van der Waals surface area (Å²) in [5, 5.41) is 0. The van der Waals surface area contributed by atoms with Crippen LogP contribution in [0.2, 0.25) is 0 Å². The van der Waals surface area contributed by atoms with Crippen LogP contribution < -0.4 is 0 Å². The van der Waals surface area contributed by atoms with Crippen molar-refractivity contribution in [3.8, 4) is 0 Å². The van der Waals surface area contributed by atoms with Crippen molar-refractivity contribution in [1.29, 1.82) is 0 Å². The molecule has 2 bridgehead atoms. The van der Waals surface area contributed by atoms with Crippen LogP contribution in [0.4, 0.5) is 0 Å². The molecular weight excluding hydrogens is 240 g/mol. The molecule has 4 heteroatoms. The van der Waals surface area contributed by atoms with Gasteiger partial charge >= 0.3 is 0 Å². The molecule has 0 aliphatic heterocycles. The van der Waals surface area contributed by atoms with Crippen LogP contribution in [-0.4, -0.2) is 49.8 Å². The van der Waals surface area contributed by atoms with Gasteiger partial charge in [0, 0.05) is 28.2 Å². The van der Waals surface area contributed by atoms with E-state index in [1.54, 1.807) is 9.80 Å². The van der Waals surface area contributed by atoms with Gasteiger partial charge in [-0.2, -0.15) is 0 Å². The molecule has 0 N–H and O–H groups in total. The molecule has 2 amide bonds. The van der Waals surface area contributed by atoms with Crippen molar-refractivity contribution in [3.05, 3.63) is 0 Å². The summed E-state index contributed by atoms with van der Waals surface area (Å²) in [5.41, 5.74) is 0.